The summed E-state index contributed by atoms with van der Waals surface area (Å²) < 4.78 is 80.3. The number of hydrogen-bond acceptors (Lipinski definition) is 9. The number of nitrogens with one attached hydrogen (secondary N) is 1. The second-order valence-electron chi connectivity index (χ2n) is 10.8. The van der Waals surface area contributed by atoms with Crippen LogP contribution < -0.4 is 15.0 Å². The summed E-state index contributed by atoms with van der Waals surface area (Å²) in [6, 6.07) is 9.01. The third-order valence-corrected chi connectivity index (χ3v) is 9.89. The molecule has 1 N–H and O–H groups in total. The highest BCUT2D eigenvalue weighted by Crippen LogP contribution is 2.36. The molecule has 43 heavy (non-hydrogen) atoms. The Balaban J connectivity index is 1.29. The van der Waals surface area contributed by atoms with E-state index in [1.807, 2.05) is 0 Å². The van der Waals surface area contributed by atoms with Crippen molar-refractivity contribution in [3.05, 3.63) is 59.4 Å². The quantitative estimate of drug-likeness (QED) is 0.407. The fourth-order valence-corrected chi connectivity index (χ4v) is 7.20. The first-order valence-corrected chi connectivity index (χ1v) is 15.9. The van der Waals surface area contributed by atoms with Crippen LogP contribution in [0.1, 0.15) is 42.5 Å². The number of sulfonamides is 1. The molecule has 2 fully saturated rings. The van der Waals surface area contributed by atoms with Crippen LogP contribution in [-0.4, -0.2) is 73.2 Å². The molecule has 6 rings (SSSR count). The molecule has 2 aromatic heterocycles. The Hall–Kier alpha value is -3.49. The highest BCUT2D eigenvalue weighted by molar-refractivity contribution is 7.89. The molecule has 0 atom stereocenters. The molecule has 0 aliphatic carbocycles. The highest BCUT2D eigenvalue weighted by Gasteiger charge is 2.36. The molecule has 0 amide bonds. The minimum Gasteiger partial charge on any atom is -0.460 e. The lowest BCUT2D eigenvalue weighted by atomic mass is 10.1. The summed E-state index contributed by atoms with van der Waals surface area (Å²) in [6.45, 7) is 2.75. The second kappa shape index (κ2) is 12.2. The van der Waals surface area contributed by atoms with Gasteiger partial charge >= 0.3 is 12.2 Å². The second-order valence-corrected chi connectivity index (χ2v) is 12.8. The van der Waals surface area contributed by atoms with Crippen LogP contribution in [0.3, 0.4) is 0 Å². The van der Waals surface area contributed by atoms with Crippen LogP contribution in [0.4, 0.5) is 30.5 Å². The number of benzene rings is 1. The molecule has 14 heteroatoms. The van der Waals surface area contributed by atoms with E-state index in [0.717, 1.165) is 24.5 Å². The van der Waals surface area contributed by atoms with Crippen molar-refractivity contribution >= 4 is 27.3 Å². The molecule has 0 spiro atoms. The van der Waals surface area contributed by atoms with Gasteiger partial charge in [0.2, 0.25) is 10.0 Å². The van der Waals surface area contributed by atoms with Gasteiger partial charge in [-0.3, -0.25) is 0 Å². The number of pyridine rings is 1. The van der Waals surface area contributed by atoms with Gasteiger partial charge in [0.25, 0.3) is 0 Å². The lowest BCUT2D eigenvalue weighted by Crippen LogP contribution is -2.29. The number of aromatic nitrogens is 3. The monoisotopic (exact) mass is 618 g/mol. The lowest BCUT2D eigenvalue weighted by molar-refractivity contribution is -0.137. The molecule has 0 saturated carbocycles. The number of rotatable bonds is 7. The molecule has 0 unspecified atom stereocenters. The predicted molar refractivity (Wildman–Crippen MR) is 153 cm³/mol. The molecule has 230 valence electrons. The first-order valence-electron chi connectivity index (χ1n) is 14.5. The van der Waals surface area contributed by atoms with Crippen LogP contribution in [0.5, 0.6) is 6.01 Å². The SMILES string of the molecule is O=S(=O)(c1ccc(Nc2nc(OC3CCOCC3)nc3c2CCN(c2ncccc2C(F)(F)F)CC3)cc1)N1CCCC1. The number of nitrogens with zero attached hydrogens (tertiary/aromatic N) is 5. The van der Waals surface area contributed by atoms with Gasteiger partial charge in [-0.25, -0.2) is 13.4 Å². The number of anilines is 3. The number of ether oxygens (including phenoxy) is 2. The van der Waals surface area contributed by atoms with Crippen molar-refractivity contribution in [2.75, 3.05) is 49.6 Å². The summed E-state index contributed by atoms with van der Waals surface area (Å²) in [4.78, 5) is 15.3. The molecule has 3 aromatic rings. The molecular formula is C29H33F3N6O4S. The third-order valence-electron chi connectivity index (χ3n) is 7.97. The van der Waals surface area contributed by atoms with E-state index in [1.165, 1.54) is 16.6 Å². The fourth-order valence-electron chi connectivity index (χ4n) is 5.68. The first kappa shape index (κ1) is 29.6. The molecule has 0 radical (unpaired) electrons. The molecular weight excluding hydrogens is 585 g/mol. The maximum absolute atomic E-state index is 13.8. The Kier molecular flexibility index (Phi) is 8.42. The summed E-state index contributed by atoms with van der Waals surface area (Å²) in [5, 5.41) is 3.30. The first-order chi connectivity index (χ1) is 20.7. The topological polar surface area (TPSA) is 110 Å². The van der Waals surface area contributed by atoms with Crippen LogP contribution in [0.15, 0.2) is 47.5 Å². The zero-order valence-electron chi connectivity index (χ0n) is 23.5. The molecule has 1 aromatic carbocycles. The summed E-state index contributed by atoms with van der Waals surface area (Å²) in [5.74, 6) is 0.361. The average molecular weight is 619 g/mol. The summed E-state index contributed by atoms with van der Waals surface area (Å²) in [5.41, 5.74) is 1.28. The Morgan fingerprint density at radius 1 is 0.953 bits per heavy atom. The molecule has 3 aliphatic heterocycles. The van der Waals surface area contributed by atoms with Crippen molar-refractivity contribution in [3.63, 3.8) is 0 Å². The number of fused-ring (bicyclic) bond motifs is 1. The minimum absolute atomic E-state index is 0.111. The minimum atomic E-state index is -4.53. The Bertz CT molecular complexity index is 1540. The van der Waals surface area contributed by atoms with E-state index in [9.17, 15) is 21.6 Å². The van der Waals surface area contributed by atoms with Crippen molar-refractivity contribution in [2.45, 2.75) is 55.7 Å². The Labute approximate surface area is 248 Å². The van der Waals surface area contributed by atoms with Crippen molar-refractivity contribution in [2.24, 2.45) is 0 Å². The van der Waals surface area contributed by atoms with Crippen molar-refractivity contribution in [1.29, 1.82) is 0 Å². The van der Waals surface area contributed by atoms with Crippen molar-refractivity contribution < 1.29 is 31.1 Å². The van der Waals surface area contributed by atoms with Gasteiger partial charge in [0.15, 0.2) is 0 Å². The van der Waals surface area contributed by atoms with E-state index in [4.69, 9.17) is 14.5 Å². The maximum Gasteiger partial charge on any atom is 0.419 e. The smallest absolute Gasteiger partial charge is 0.419 e. The molecule has 0 bridgehead atoms. The fraction of sp³-hybridized carbons (Fsp3) is 0.483. The van der Waals surface area contributed by atoms with Gasteiger partial charge in [-0.2, -0.15) is 27.4 Å². The molecule has 10 nitrogen and oxygen atoms in total. The lowest BCUT2D eigenvalue weighted by Gasteiger charge is -2.24. The van der Waals surface area contributed by atoms with Gasteiger partial charge in [0.1, 0.15) is 17.7 Å². The highest BCUT2D eigenvalue weighted by atomic mass is 32.2. The van der Waals surface area contributed by atoms with Gasteiger partial charge in [-0.1, -0.05) is 0 Å². The van der Waals surface area contributed by atoms with E-state index in [1.54, 1.807) is 29.2 Å². The number of halogens is 3. The van der Waals surface area contributed by atoms with Crippen LogP contribution in [0, 0.1) is 0 Å². The van der Waals surface area contributed by atoms with Gasteiger partial charge < -0.3 is 19.7 Å². The predicted octanol–water partition coefficient (Wildman–Crippen LogP) is 4.58. The average Bonchev–Trinajstić information content (AvgIpc) is 3.47. The molecule has 3 aliphatic rings. The Morgan fingerprint density at radius 3 is 2.40 bits per heavy atom. The number of alkyl halides is 3. The van der Waals surface area contributed by atoms with Gasteiger partial charge in [-0.05, 0) is 55.7 Å². The van der Waals surface area contributed by atoms with Crippen LogP contribution in [0.25, 0.3) is 0 Å². The van der Waals surface area contributed by atoms with Crippen molar-refractivity contribution in [1.82, 2.24) is 19.3 Å². The van der Waals surface area contributed by atoms with Crippen LogP contribution in [-0.2, 0) is 33.8 Å². The normalized spacial score (nSPS) is 18.7. The van der Waals surface area contributed by atoms with Gasteiger partial charge in [0.05, 0.1) is 29.4 Å². The van der Waals surface area contributed by atoms with Gasteiger partial charge in [0, 0.05) is 62.9 Å². The number of hydrogen-bond donors (Lipinski definition) is 1. The van der Waals surface area contributed by atoms with E-state index < -0.39 is 21.8 Å². The summed E-state index contributed by atoms with van der Waals surface area (Å²) in [6.07, 6.45) is 0.545. The standard InChI is InChI=1S/C29H33F3N6O4S/c30-29(31,32)24-4-3-13-33-27(24)37-16-9-23-25(10-17-37)35-28(42-21-11-18-41-19-12-21)36-26(23)34-20-5-7-22(8-6-20)43(39,40)38-14-1-2-15-38/h3-8,13,21H,1-2,9-12,14-19H2,(H,34,35,36). The third kappa shape index (κ3) is 6.55. The van der Waals surface area contributed by atoms with E-state index in [0.29, 0.717) is 69.2 Å². The zero-order valence-corrected chi connectivity index (χ0v) is 24.3. The summed E-state index contributed by atoms with van der Waals surface area (Å²) >= 11 is 0. The molecule has 5 heterocycles. The van der Waals surface area contributed by atoms with Crippen molar-refractivity contribution in [3.8, 4) is 6.01 Å². The van der Waals surface area contributed by atoms with E-state index in [2.05, 4.69) is 15.3 Å². The zero-order chi connectivity index (χ0) is 30.0. The maximum atomic E-state index is 13.8. The Morgan fingerprint density at radius 2 is 1.67 bits per heavy atom. The molecule has 2 saturated heterocycles. The largest absolute Gasteiger partial charge is 0.460 e. The van der Waals surface area contributed by atoms with Crippen LogP contribution in [0.2, 0.25) is 0 Å². The van der Waals surface area contributed by atoms with Gasteiger partial charge in [-0.15, -0.1) is 0 Å². The van der Waals surface area contributed by atoms with E-state index >= 15 is 0 Å². The van der Waals surface area contributed by atoms with Crippen LogP contribution >= 0.6 is 0 Å². The van der Waals surface area contributed by atoms with E-state index in [-0.39, 0.29) is 35.9 Å². The summed E-state index contributed by atoms with van der Waals surface area (Å²) in [7, 11) is -3.56.